The molecule has 0 radical (unpaired) electrons. The Bertz CT molecular complexity index is 2370. The molecule has 4 aromatic rings. The van der Waals surface area contributed by atoms with Gasteiger partial charge in [-0.2, -0.15) is 0 Å². The molecular formula is C62H82N6O6. The lowest BCUT2D eigenvalue weighted by Gasteiger charge is -2.35. The number of likely N-dealkylation sites (tertiary alicyclic amines) is 2. The van der Waals surface area contributed by atoms with Gasteiger partial charge < -0.3 is 30.2 Å². The first-order chi connectivity index (χ1) is 35.9. The van der Waals surface area contributed by atoms with Gasteiger partial charge in [-0.1, -0.05) is 112 Å². The number of hydrogen-bond donors (Lipinski definition) is 2. The van der Waals surface area contributed by atoms with E-state index in [-0.39, 0.29) is 83.5 Å². The van der Waals surface area contributed by atoms with Crippen LogP contribution in [0.5, 0.6) is 0 Å². The van der Waals surface area contributed by atoms with Crippen LogP contribution >= 0.6 is 0 Å². The quantitative estimate of drug-likeness (QED) is 0.0756. The Hall–Kier alpha value is -5.88. The summed E-state index contributed by atoms with van der Waals surface area (Å²) in [5.74, 6) is -0.398. The molecule has 2 aliphatic carbocycles. The smallest absolute Gasteiger partial charge is 0.253 e. The summed E-state index contributed by atoms with van der Waals surface area (Å²) < 4.78 is 0. The first-order valence-corrected chi connectivity index (χ1v) is 28.2. The van der Waals surface area contributed by atoms with Crippen LogP contribution in [0.15, 0.2) is 97.1 Å². The van der Waals surface area contributed by atoms with Crippen LogP contribution in [-0.2, 0) is 32.0 Å². The fourth-order valence-electron chi connectivity index (χ4n) is 12.3. The van der Waals surface area contributed by atoms with E-state index in [2.05, 4.69) is 34.9 Å². The fraction of sp³-hybridized carbons (Fsp3) is 0.548. The summed E-state index contributed by atoms with van der Waals surface area (Å²) in [6.45, 7) is 8.74. The summed E-state index contributed by atoms with van der Waals surface area (Å²) >= 11 is 0. The van der Waals surface area contributed by atoms with Gasteiger partial charge in [0.15, 0.2) is 0 Å². The van der Waals surface area contributed by atoms with E-state index in [0.717, 1.165) is 98.9 Å². The predicted molar refractivity (Wildman–Crippen MR) is 292 cm³/mol. The number of hydrogen-bond acceptors (Lipinski definition) is 7. The van der Waals surface area contributed by atoms with E-state index in [4.69, 9.17) is 0 Å². The lowest BCUT2D eigenvalue weighted by molar-refractivity contribution is -0.141. The van der Waals surface area contributed by atoms with Crippen LogP contribution < -0.4 is 10.6 Å². The van der Waals surface area contributed by atoms with Crippen molar-refractivity contribution in [2.75, 3.05) is 46.3 Å². The minimum absolute atomic E-state index is 0.0219. The molecule has 0 spiro atoms. The minimum atomic E-state index is -0.558. The number of amides is 5. The number of fused-ring (bicyclic) bond motifs is 1. The fourth-order valence-corrected chi connectivity index (χ4v) is 12.3. The average molecular weight is 1010 g/mol. The number of Topliss-reactive ketones (excluding diaryl/α,β-unsaturated/α-hetero) is 1. The molecule has 2 heterocycles. The predicted octanol–water partition coefficient (Wildman–Crippen LogP) is 9.29. The van der Waals surface area contributed by atoms with Gasteiger partial charge in [0.2, 0.25) is 17.7 Å². The maximum Gasteiger partial charge on any atom is 0.253 e. The van der Waals surface area contributed by atoms with Gasteiger partial charge >= 0.3 is 0 Å². The third kappa shape index (κ3) is 13.5. The molecule has 5 amide bonds. The number of nitrogens with zero attached hydrogens (tertiary/aromatic N) is 4. The van der Waals surface area contributed by atoms with E-state index < -0.39 is 6.04 Å². The van der Waals surface area contributed by atoms with Gasteiger partial charge in [0, 0.05) is 80.7 Å². The third-order valence-corrected chi connectivity index (χ3v) is 17.2. The van der Waals surface area contributed by atoms with E-state index in [0.29, 0.717) is 69.7 Å². The molecule has 2 saturated carbocycles. The van der Waals surface area contributed by atoms with E-state index in [1.807, 2.05) is 113 Å². The average Bonchev–Trinajstić information content (AvgIpc) is 4.31. The number of likely N-dealkylation sites (N-methyl/N-ethyl adjacent to an activating group) is 1. The van der Waals surface area contributed by atoms with Gasteiger partial charge in [-0.05, 0) is 143 Å². The standard InChI is InChI=1S/C62H82N6O6/c1-5-43(2)58(70)64-57(48-24-14-15-25-48)62(74)68-35-17-27-54(68)42-66(37-33-46-20-10-7-11-21-46)60(72)52-31-29-49-38-51(30-28-50(49)39-52)59(71)65(36-32-45-18-8-6-9-19-45)41-53-26-16-34-67(53)61(73)55(47-22-12-13-23-47)40-56(69)44(3)63-4/h6-11,18-21,28-31,38-39,43-44,47-48,53-55,57,63H,5,12-17,22-27,32-37,40-42H2,1-4H3,(H,64,70)/t43-,44+,53+,54+,55+,57+/m1/s1. The van der Waals surface area contributed by atoms with Crippen molar-refractivity contribution in [2.24, 2.45) is 23.7 Å². The highest BCUT2D eigenvalue weighted by atomic mass is 16.2. The number of carbonyl (C=O) groups is 6. The lowest BCUT2D eigenvalue weighted by Crippen LogP contribution is -2.55. The second kappa shape index (κ2) is 26.1. The van der Waals surface area contributed by atoms with Crippen molar-refractivity contribution in [3.05, 3.63) is 119 Å². The van der Waals surface area contributed by atoms with Crippen molar-refractivity contribution < 1.29 is 28.8 Å². The molecule has 6 atom stereocenters. The molecule has 396 valence electrons. The van der Waals surface area contributed by atoms with Crippen LogP contribution in [0.4, 0.5) is 0 Å². The zero-order valence-corrected chi connectivity index (χ0v) is 44.7. The molecule has 74 heavy (non-hydrogen) atoms. The first kappa shape index (κ1) is 54.4. The van der Waals surface area contributed by atoms with Crippen LogP contribution in [-0.4, -0.2) is 125 Å². The largest absolute Gasteiger partial charge is 0.344 e. The summed E-state index contributed by atoms with van der Waals surface area (Å²) in [7, 11) is 1.78. The molecular weight excluding hydrogens is 925 g/mol. The molecule has 12 heteroatoms. The number of benzene rings is 4. The second-order valence-electron chi connectivity index (χ2n) is 22.1. The van der Waals surface area contributed by atoms with Gasteiger partial charge in [0.05, 0.1) is 6.04 Å². The summed E-state index contributed by atoms with van der Waals surface area (Å²) in [5, 5.41) is 7.94. The highest BCUT2D eigenvalue weighted by molar-refractivity contribution is 6.02. The van der Waals surface area contributed by atoms with E-state index in [9.17, 15) is 28.8 Å². The molecule has 4 aliphatic rings. The van der Waals surface area contributed by atoms with Crippen molar-refractivity contribution in [2.45, 2.75) is 148 Å². The molecule has 0 aromatic heterocycles. The third-order valence-electron chi connectivity index (χ3n) is 17.2. The Labute approximate surface area is 440 Å². The highest BCUT2D eigenvalue weighted by Crippen LogP contribution is 2.37. The molecule has 0 unspecified atom stereocenters. The molecule has 8 rings (SSSR count). The van der Waals surface area contributed by atoms with Gasteiger partial charge in [0.25, 0.3) is 11.8 Å². The van der Waals surface area contributed by atoms with Gasteiger partial charge in [-0.15, -0.1) is 0 Å². The van der Waals surface area contributed by atoms with Crippen molar-refractivity contribution >= 4 is 46.1 Å². The van der Waals surface area contributed by atoms with Gasteiger partial charge in [-0.25, -0.2) is 0 Å². The molecule has 4 fully saturated rings. The topological polar surface area (TPSA) is 139 Å². The zero-order chi connectivity index (χ0) is 52.1. The number of carbonyl (C=O) groups excluding carboxylic acids is 6. The molecule has 12 nitrogen and oxygen atoms in total. The van der Waals surface area contributed by atoms with Gasteiger partial charge in [0.1, 0.15) is 11.8 Å². The number of rotatable bonds is 23. The number of ketones is 1. The summed E-state index contributed by atoms with van der Waals surface area (Å²) in [6, 6.07) is 30.5. The zero-order valence-electron chi connectivity index (χ0n) is 44.7. The lowest BCUT2D eigenvalue weighted by atomic mass is 9.84. The summed E-state index contributed by atoms with van der Waals surface area (Å²) in [6.07, 6.45) is 13.6. The van der Waals surface area contributed by atoms with Crippen LogP contribution in [0.25, 0.3) is 10.8 Å². The Kier molecular flexibility index (Phi) is 19.1. The molecule has 2 saturated heterocycles. The Morgan fingerprint density at radius 2 is 1.07 bits per heavy atom. The monoisotopic (exact) mass is 1010 g/mol. The van der Waals surface area contributed by atoms with E-state index >= 15 is 0 Å². The summed E-state index contributed by atoms with van der Waals surface area (Å²) in [5.41, 5.74) is 3.34. The molecule has 4 aromatic carbocycles. The molecule has 0 bridgehead atoms. The number of nitrogens with one attached hydrogen (secondary N) is 2. The second-order valence-corrected chi connectivity index (χ2v) is 22.1. The molecule has 2 N–H and O–H groups in total. The van der Waals surface area contributed by atoms with E-state index in [1.54, 1.807) is 7.05 Å². The van der Waals surface area contributed by atoms with E-state index in [1.165, 1.54) is 0 Å². The minimum Gasteiger partial charge on any atom is -0.344 e. The molecule has 2 aliphatic heterocycles. The maximum absolute atomic E-state index is 14.8. The van der Waals surface area contributed by atoms with Crippen molar-refractivity contribution in [1.29, 1.82) is 0 Å². The Morgan fingerprint density at radius 3 is 1.54 bits per heavy atom. The first-order valence-electron chi connectivity index (χ1n) is 28.2. The highest BCUT2D eigenvalue weighted by Gasteiger charge is 2.42. The van der Waals surface area contributed by atoms with Crippen LogP contribution in [0.2, 0.25) is 0 Å². The Morgan fingerprint density at radius 1 is 0.595 bits per heavy atom. The van der Waals surface area contributed by atoms with Crippen LogP contribution in [0, 0.1) is 23.7 Å². The van der Waals surface area contributed by atoms with Crippen molar-refractivity contribution in [3.8, 4) is 0 Å². The maximum atomic E-state index is 14.8. The SMILES string of the molecule is CC[C@@H](C)C(=O)N[C@H](C(=O)N1CCC[C@H]1CN(CCc1ccccc1)C(=O)c1ccc2cc(C(=O)N(CCc3ccccc3)C[C@@H]3CCCN3C(=O)[C@@H](CC(=O)[C@H](C)NC)C3CCCC3)ccc2c1)C1CCCC1. The summed E-state index contributed by atoms with van der Waals surface area (Å²) in [4.78, 5) is 93.2. The van der Waals surface area contributed by atoms with Crippen LogP contribution in [0.1, 0.15) is 143 Å². The van der Waals surface area contributed by atoms with Gasteiger partial charge in [-0.3, -0.25) is 28.8 Å². The van der Waals surface area contributed by atoms with Crippen LogP contribution in [0.3, 0.4) is 0 Å². The van der Waals surface area contributed by atoms with Crippen molar-refractivity contribution in [3.63, 3.8) is 0 Å². The Balaban J connectivity index is 1.01. The normalized spacial score (nSPS) is 19.8. The van der Waals surface area contributed by atoms with Crippen molar-refractivity contribution in [1.82, 2.24) is 30.2 Å².